The van der Waals surface area contributed by atoms with Gasteiger partial charge in [-0.1, -0.05) is 42.8 Å². The first-order chi connectivity index (χ1) is 13.0. The predicted molar refractivity (Wildman–Crippen MR) is 118 cm³/mol. The summed E-state index contributed by atoms with van der Waals surface area (Å²) >= 11 is 9.34. The summed E-state index contributed by atoms with van der Waals surface area (Å²) in [5, 5.41) is 0.467. The van der Waals surface area contributed by atoms with Crippen LogP contribution < -0.4 is 4.74 Å². The standard InChI is InChI=1S/C20H17ClINO3S/c1-2-9-23-19(24)18(27-20(23)25)11-13-7-8-17(16(22)10-13)26-12-14-5-3-4-6-15(14)21/h3-8,10-11H,2,9,12H2,1H3/b18-11+. The van der Waals surface area contributed by atoms with Crippen LogP contribution >= 0.6 is 46.0 Å². The van der Waals surface area contributed by atoms with Gasteiger partial charge >= 0.3 is 0 Å². The summed E-state index contributed by atoms with van der Waals surface area (Å²) in [6.07, 6.45) is 2.50. The molecule has 1 aliphatic heterocycles. The number of imide groups is 1. The number of nitrogens with zero attached hydrogens (tertiary/aromatic N) is 1. The summed E-state index contributed by atoms with van der Waals surface area (Å²) in [4.78, 5) is 26.0. The van der Waals surface area contributed by atoms with E-state index in [9.17, 15) is 9.59 Å². The van der Waals surface area contributed by atoms with E-state index in [1.807, 2.05) is 49.4 Å². The minimum absolute atomic E-state index is 0.206. The van der Waals surface area contributed by atoms with E-state index in [0.29, 0.717) is 23.1 Å². The molecule has 140 valence electrons. The number of amides is 2. The Morgan fingerprint density at radius 2 is 2.00 bits per heavy atom. The lowest BCUT2D eigenvalue weighted by molar-refractivity contribution is -0.122. The maximum absolute atomic E-state index is 12.3. The van der Waals surface area contributed by atoms with Crippen molar-refractivity contribution in [3.63, 3.8) is 0 Å². The van der Waals surface area contributed by atoms with Gasteiger partial charge in [0.2, 0.25) is 0 Å². The van der Waals surface area contributed by atoms with Crippen LogP contribution in [-0.4, -0.2) is 22.6 Å². The van der Waals surface area contributed by atoms with Crippen molar-refractivity contribution in [2.75, 3.05) is 6.54 Å². The minimum Gasteiger partial charge on any atom is -0.488 e. The number of carbonyl (C=O) groups excluding carboxylic acids is 2. The number of benzene rings is 2. The van der Waals surface area contributed by atoms with Gasteiger partial charge in [-0.25, -0.2) is 0 Å². The van der Waals surface area contributed by atoms with Crippen LogP contribution in [0.1, 0.15) is 24.5 Å². The highest BCUT2D eigenvalue weighted by Gasteiger charge is 2.34. The molecule has 1 saturated heterocycles. The fourth-order valence-electron chi connectivity index (χ4n) is 2.56. The second-order valence-corrected chi connectivity index (χ2v) is 8.47. The van der Waals surface area contributed by atoms with Gasteiger partial charge in [-0.15, -0.1) is 0 Å². The van der Waals surface area contributed by atoms with Crippen molar-refractivity contribution in [1.82, 2.24) is 4.90 Å². The molecule has 2 amide bonds. The lowest BCUT2D eigenvalue weighted by Crippen LogP contribution is -2.28. The zero-order chi connectivity index (χ0) is 19.4. The van der Waals surface area contributed by atoms with Crippen molar-refractivity contribution < 1.29 is 14.3 Å². The van der Waals surface area contributed by atoms with Crippen LogP contribution in [0.5, 0.6) is 5.75 Å². The van der Waals surface area contributed by atoms with E-state index >= 15 is 0 Å². The molecule has 27 heavy (non-hydrogen) atoms. The number of hydrogen-bond donors (Lipinski definition) is 0. The van der Waals surface area contributed by atoms with Crippen LogP contribution in [0.15, 0.2) is 47.4 Å². The van der Waals surface area contributed by atoms with Crippen molar-refractivity contribution in [1.29, 1.82) is 0 Å². The number of ether oxygens (including phenoxy) is 1. The Labute approximate surface area is 181 Å². The Morgan fingerprint density at radius 3 is 2.70 bits per heavy atom. The Kier molecular flexibility index (Phi) is 6.83. The van der Waals surface area contributed by atoms with E-state index in [1.165, 1.54) is 4.90 Å². The monoisotopic (exact) mass is 513 g/mol. The van der Waals surface area contributed by atoms with E-state index in [0.717, 1.165) is 38.6 Å². The summed E-state index contributed by atoms with van der Waals surface area (Å²) in [6.45, 7) is 2.77. The number of thioether (sulfide) groups is 1. The van der Waals surface area contributed by atoms with Crippen molar-refractivity contribution in [3.05, 3.63) is 67.1 Å². The first kappa shape index (κ1) is 20.2. The zero-order valence-corrected chi connectivity index (χ0v) is 18.3. The average molecular weight is 514 g/mol. The topological polar surface area (TPSA) is 46.6 Å². The van der Waals surface area contributed by atoms with Crippen LogP contribution in [0.2, 0.25) is 5.02 Å². The normalized spacial score (nSPS) is 15.7. The van der Waals surface area contributed by atoms with E-state index in [1.54, 1.807) is 6.08 Å². The molecule has 2 aromatic rings. The molecule has 7 heteroatoms. The molecule has 4 nitrogen and oxygen atoms in total. The quantitative estimate of drug-likeness (QED) is 0.353. The summed E-state index contributed by atoms with van der Waals surface area (Å²) in [6, 6.07) is 13.2. The first-order valence-electron chi connectivity index (χ1n) is 8.40. The summed E-state index contributed by atoms with van der Waals surface area (Å²) in [5.74, 6) is 0.521. The van der Waals surface area contributed by atoms with E-state index in [4.69, 9.17) is 16.3 Å². The van der Waals surface area contributed by atoms with Crippen molar-refractivity contribution in [3.8, 4) is 5.75 Å². The Bertz CT molecular complexity index is 916. The maximum atomic E-state index is 12.3. The van der Waals surface area contributed by atoms with Gasteiger partial charge in [0.15, 0.2) is 0 Å². The molecule has 0 spiro atoms. The summed E-state index contributed by atoms with van der Waals surface area (Å²) in [5.41, 5.74) is 1.77. The number of rotatable bonds is 6. The van der Waals surface area contributed by atoms with Crippen LogP contribution in [-0.2, 0) is 11.4 Å². The molecule has 0 aromatic heterocycles. The third-order valence-corrected chi connectivity index (χ3v) is 6.03. The third kappa shape index (κ3) is 4.86. The van der Waals surface area contributed by atoms with Gasteiger partial charge in [-0.2, -0.15) is 0 Å². The van der Waals surface area contributed by atoms with Crippen LogP contribution in [0.4, 0.5) is 4.79 Å². The highest BCUT2D eigenvalue weighted by molar-refractivity contribution is 14.1. The Balaban J connectivity index is 1.72. The van der Waals surface area contributed by atoms with Crippen LogP contribution in [0.3, 0.4) is 0 Å². The van der Waals surface area contributed by atoms with Gasteiger partial charge in [0.1, 0.15) is 12.4 Å². The third-order valence-electron chi connectivity index (χ3n) is 3.92. The molecule has 0 bridgehead atoms. The van der Waals surface area contributed by atoms with Gasteiger partial charge in [0, 0.05) is 17.1 Å². The Hall–Kier alpha value is -1.51. The molecule has 2 aromatic carbocycles. The van der Waals surface area contributed by atoms with E-state index in [-0.39, 0.29) is 11.1 Å². The largest absolute Gasteiger partial charge is 0.488 e. The van der Waals surface area contributed by atoms with Crippen molar-refractivity contribution in [2.24, 2.45) is 0 Å². The predicted octanol–water partition coefficient (Wildman–Crippen LogP) is 5.97. The lowest BCUT2D eigenvalue weighted by atomic mass is 10.2. The molecule has 1 heterocycles. The molecule has 0 saturated carbocycles. The summed E-state index contributed by atoms with van der Waals surface area (Å²) in [7, 11) is 0. The van der Waals surface area contributed by atoms with Gasteiger partial charge in [-0.3, -0.25) is 14.5 Å². The molecular formula is C20H17ClINO3S. The highest BCUT2D eigenvalue weighted by Crippen LogP contribution is 2.33. The zero-order valence-electron chi connectivity index (χ0n) is 14.6. The van der Waals surface area contributed by atoms with Crippen LogP contribution in [0.25, 0.3) is 6.08 Å². The second-order valence-electron chi connectivity index (χ2n) is 5.90. The van der Waals surface area contributed by atoms with Crippen molar-refractivity contribution in [2.45, 2.75) is 20.0 Å². The number of carbonyl (C=O) groups is 2. The molecular weight excluding hydrogens is 497 g/mol. The second kappa shape index (κ2) is 9.12. The van der Waals surface area contributed by atoms with Gasteiger partial charge in [0.05, 0.1) is 8.48 Å². The number of halogens is 2. The van der Waals surface area contributed by atoms with E-state index in [2.05, 4.69) is 22.6 Å². The van der Waals surface area contributed by atoms with E-state index < -0.39 is 0 Å². The first-order valence-corrected chi connectivity index (χ1v) is 10.7. The number of hydrogen-bond acceptors (Lipinski definition) is 4. The summed E-state index contributed by atoms with van der Waals surface area (Å²) < 4.78 is 6.79. The molecule has 0 radical (unpaired) electrons. The Morgan fingerprint density at radius 1 is 1.22 bits per heavy atom. The molecule has 0 atom stereocenters. The van der Waals surface area contributed by atoms with Crippen molar-refractivity contribution >= 4 is 63.2 Å². The maximum Gasteiger partial charge on any atom is 0.293 e. The molecule has 1 fully saturated rings. The smallest absolute Gasteiger partial charge is 0.293 e. The fourth-order valence-corrected chi connectivity index (χ4v) is 4.31. The van der Waals surface area contributed by atoms with Crippen LogP contribution in [0, 0.1) is 3.57 Å². The lowest BCUT2D eigenvalue weighted by Gasteiger charge is -2.10. The SMILES string of the molecule is CCCN1C(=O)S/C(=C/c2ccc(OCc3ccccc3Cl)c(I)c2)C1=O. The fraction of sp³-hybridized carbons (Fsp3) is 0.200. The molecule has 3 rings (SSSR count). The minimum atomic E-state index is -0.221. The highest BCUT2D eigenvalue weighted by atomic mass is 127. The van der Waals surface area contributed by atoms with Gasteiger partial charge in [0.25, 0.3) is 11.1 Å². The molecule has 1 aliphatic rings. The van der Waals surface area contributed by atoms with Gasteiger partial charge in [-0.05, 0) is 70.6 Å². The molecule has 0 aliphatic carbocycles. The average Bonchev–Trinajstić information content (AvgIpc) is 2.90. The molecule has 0 unspecified atom stereocenters. The van der Waals surface area contributed by atoms with Gasteiger partial charge < -0.3 is 4.74 Å². The molecule has 0 N–H and O–H groups in total.